The number of nitrogens with zero attached hydrogens (tertiary/aromatic N) is 3. The number of amides is 1. The zero-order chi connectivity index (χ0) is 14.1. The molecule has 0 unspecified atom stereocenters. The molecule has 2 heterocycles. The number of carbonyl (C=O) groups excluding carboxylic acids is 1. The van der Waals surface area contributed by atoms with Gasteiger partial charge < -0.3 is 15.8 Å². The normalized spacial score (nSPS) is 18.6. The molecule has 20 heavy (non-hydrogen) atoms. The lowest BCUT2D eigenvalue weighted by molar-refractivity contribution is -0.580. The first kappa shape index (κ1) is 12.8. The van der Waals surface area contributed by atoms with Gasteiger partial charge in [-0.2, -0.15) is 0 Å². The number of hydrogen-bond acceptors (Lipinski definition) is 4. The van der Waals surface area contributed by atoms with Crippen molar-refractivity contribution in [2.24, 2.45) is 5.73 Å². The number of likely N-dealkylation sites (tertiary alicyclic amines) is 1. The van der Waals surface area contributed by atoms with Crippen LogP contribution >= 0.6 is 0 Å². The molecule has 1 aliphatic heterocycles. The second kappa shape index (κ2) is 5.05. The second-order valence-electron chi connectivity index (χ2n) is 5.02. The molecule has 0 saturated carbocycles. The molecule has 1 amide bonds. The summed E-state index contributed by atoms with van der Waals surface area (Å²) in [5, 5.41) is 12.4. The van der Waals surface area contributed by atoms with E-state index in [1.807, 2.05) is 0 Å². The van der Waals surface area contributed by atoms with Gasteiger partial charge in [0.05, 0.1) is 5.39 Å². The first-order chi connectivity index (χ1) is 9.70. The largest absolute Gasteiger partial charge is 0.710 e. The average molecular weight is 272 g/mol. The van der Waals surface area contributed by atoms with E-state index in [1.165, 1.54) is 6.33 Å². The number of carbonyl (C=O) groups is 1. The number of aromatic nitrogens is 2. The highest BCUT2D eigenvalue weighted by Crippen LogP contribution is 2.20. The van der Waals surface area contributed by atoms with Gasteiger partial charge in [0.25, 0.3) is 12.2 Å². The van der Waals surface area contributed by atoms with E-state index < -0.39 is 0 Å². The molecule has 0 radical (unpaired) electrons. The summed E-state index contributed by atoms with van der Waals surface area (Å²) in [6.45, 7) is 1.21. The van der Waals surface area contributed by atoms with E-state index in [0.717, 1.165) is 24.8 Å². The van der Waals surface area contributed by atoms with Crippen LogP contribution in [0, 0.1) is 5.21 Å². The Labute approximate surface area is 116 Å². The third kappa shape index (κ3) is 2.08. The molecule has 1 atom stereocenters. The van der Waals surface area contributed by atoms with Gasteiger partial charge in [-0.15, -0.1) is 0 Å². The predicted octanol–water partition coefficient (Wildman–Crippen LogP) is 0.431. The zero-order valence-corrected chi connectivity index (χ0v) is 11.0. The van der Waals surface area contributed by atoms with Crippen LogP contribution in [-0.2, 0) is 0 Å². The Hall–Kier alpha value is -2.21. The predicted molar refractivity (Wildman–Crippen MR) is 73.8 cm³/mol. The summed E-state index contributed by atoms with van der Waals surface area (Å²) in [6, 6.07) is 5.21. The van der Waals surface area contributed by atoms with Gasteiger partial charge in [0.1, 0.15) is 5.52 Å². The molecule has 1 aromatic heterocycles. The number of rotatable bonds is 2. The lowest BCUT2D eigenvalue weighted by Gasteiger charge is -2.23. The van der Waals surface area contributed by atoms with Crippen LogP contribution in [0.15, 0.2) is 30.7 Å². The third-order valence-corrected chi connectivity index (χ3v) is 3.81. The van der Waals surface area contributed by atoms with Gasteiger partial charge in [-0.1, -0.05) is 4.98 Å². The van der Waals surface area contributed by atoms with E-state index in [4.69, 9.17) is 5.73 Å². The van der Waals surface area contributed by atoms with Crippen molar-refractivity contribution < 1.29 is 9.52 Å². The highest BCUT2D eigenvalue weighted by molar-refractivity contribution is 5.97. The van der Waals surface area contributed by atoms with Crippen molar-refractivity contribution in [3.8, 4) is 0 Å². The SMILES string of the molecule is NC[C@H]1CCCN1C(=O)c1ccc2cnc[n+]([O-])c2c1. The van der Waals surface area contributed by atoms with Crippen LogP contribution < -0.4 is 10.5 Å². The Morgan fingerprint density at radius 1 is 1.55 bits per heavy atom. The molecule has 0 bridgehead atoms. The summed E-state index contributed by atoms with van der Waals surface area (Å²) in [7, 11) is 0. The van der Waals surface area contributed by atoms with Crippen LogP contribution in [0.3, 0.4) is 0 Å². The van der Waals surface area contributed by atoms with Crippen molar-refractivity contribution in [1.82, 2.24) is 9.88 Å². The molecule has 3 rings (SSSR count). The maximum Gasteiger partial charge on any atom is 0.289 e. The molecule has 0 aliphatic carbocycles. The first-order valence-corrected chi connectivity index (χ1v) is 6.68. The summed E-state index contributed by atoms with van der Waals surface area (Å²) in [5.41, 5.74) is 6.67. The second-order valence-corrected chi connectivity index (χ2v) is 5.02. The molecule has 6 heteroatoms. The van der Waals surface area contributed by atoms with E-state index in [9.17, 15) is 10.0 Å². The van der Waals surface area contributed by atoms with Crippen LogP contribution in [0.2, 0.25) is 0 Å². The Morgan fingerprint density at radius 2 is 2.40 bits per heavy atom. The number of fused-ring (bicyclic) bond motifs is 1. The lowest BCUT2D eigenvalue weighted by Crippen LogP contribution is -2.40. The number of hydrogen-bond donors (Lipinski definition) is 1. The highest BCUT2D eigenvalue weighted by Gasteiger charge is 2.28. The van der Waals surface area contributed by atoms with Crippen LogP contribution in [0.1, 0.15) is 23.2 Å². The molecular formula is C14H16N4O2. The van der Waals surface area contributed by atoms with Gasteiger partial charge in [-0.3, -0.25) is 4.79 Å². The van der Waals surface area contributed by atoms with Gasteiger partial charge in [0.15, 0.2) is 6.20 Å². The Balaban J connectivity index is 1.97. The van der Waals surface area contributed by atoms with Crippen molar-refractivity contribution in [1.29, 1.82) is 0 Å². The molecular weight excluding hydrogens is 256 g/mol. The van der Waals surface area contributed by atoms with E-state index in [2.05, 4.69) is 4.98 Å². The topological polar surface area (TPSA) is 86.2 Å². The molecule has 1 aliphatic rings. The quantitative estimate of drug-likeness (QED) is 0.634. The van der Waals surface area contributed by atoms with Crippen LogP contribution in [0.5, 0.6) is 0 Å². The number of benzene rings is 1. The third-order valence-electron chi connectivity index (χ3n) is 3.81. The molecule has 1 fully saturated rings. The average Bonchev–Trinajstić information content (AvgIpc) is 2.95. The minimum Gasteiger partial charge on any atom is -0.710 e. The van der Waals surface area contributed by atoms with Gasteiger partial charge in [0, 0.05) is 24.7 Å². The molecule has 2 N–H and O–H groups in total. The summed E-state index contributed by atoms with van der Waals surface area (Å²) in [6.07, 6.45) is 4.72. The summed E-state index contributed by atoms with van der Waals surface area (Å²) in [4.78, 5) is 18.1. The van der Waals surface area contributed by atoms with E-state index in [0.29, 0.717) is 22.4 Å². The molecule has 1 aromatic carbocycles. The molecule has 1 saturated heterocycles. The van der Waals surface area contributed by atoms with E-state index in [1.54, 1.807) is 29.3 Å². The van der Waals surface area contributed by atoms with E-state index >= 15 is 0 Å². The Kier molecular flexibility index (Phi) is 3.23. The first-order valence-electron chi connectivity index (χ1n) is 6.68. The van der Waals surface area contributed by atoms with Crippen LogP contribution in [0.25, 0.3) is 10.9 Å². The molecule has 104 valence electrons. The van der Waals surface area contributed by atoms with Gasteiger partial charge in [-0.05, 0) is 31.0 Å². The van der Waals surface area contributed by atoms with Crippen LogP contribution in [0.4, 0.5) is 0 Å². The minimum atomic E-state index is -0.0586. The number of nitrogens with two attached hydrogens (primary N) is 1. The van der Waals surface area contributed by atoms with Crippen LogP contribution in [-0.4, -0.2) is 34.9 Å². The van der Waals surface area contributed by atoms with Gasteiger partial charge >= 0.3 is 0 Å². The zero-order valence-electron chi connectivity index (χ0n) is 11.0. The Bertz CT molecular complexity index is 659. The van der Waals surface area contributed by atoms with Crippen molar-refractivity contribution in [3.63, 3.8) is 0 Å². The maximum atomic E-state index is 12.5. The summed E-state index contributed by atoms with van der Waals surface area (Å²) in [5.74, 6) is -0.0586. The fourth-order valence-electron chi connectivity index (χ4n) is 2.73. The summed E-state index contributed by atoms with van der Waals surface area (Å²) >= 11 is 0. The Morgan fingerprint density at radius 3 is 3.20 bits per heavy atom. The van der Waals surface area contributed by atoms with Gasteiger partial charge in [0.2, 0.25) is 0 Å². The fraction of sp³-hybridized carbons (Fsp3) is 0.357. The van der Waals surface area contributed by atoms with Gasteiger partial charge in [-0.25, -0.2) is 4.73 Å². The molecule has 2 aromatic rings. The van der Waals surface area contributed by atoms with Crippen molar-refractivity contribution in [2.75, 3.05) is 13.1 Å². The molecule has 0 spiro atoms. The summed E-state index contributed by atoms with van der Waals surface area (Å²) < 4.78 is 0.677. The molecule has 6 nitrogen and oxygen atoms in total. The van der Waals surface area contributed by atoms with Crippen molar-refractivity contribution in [2.45, 2.75) is 18.9 Å². The smallest absolute Gasteiger partial charge is 0.289 e. The standard InChI is InChI=1S/C14H16N4O2/c15-7-12-2-1-5-17(12)14(19)10-3-4-11-8-16-9-18(20)13(11)6-10/h3-4,6,8-9,12H,1-2,5,7,15H2/t12-/m1/s1. The minimum absolute atomic E-state index is 0.0586. The van der Waals surface area contributed by atoms with Crippen molar-refractivity contribution >= 4 is 16.8 Å². The lowest BCUT2D eigenvalue weighted by atomic mass is 10.1. The monoisotopic (exact) mass is 272 g/mol. The van der Waals surface area contributed by atoms with E-state index in [-0.39, 0.29) is 11.9 Å². The maximum absolute atomic E-state index is 12.5. The van der Waals surface area contributed by atoms with Crippen molar-refractivity contribution in [3.05, 3.63) is 41.5 Å². The highest BCUT2D eigenvalue weighted by atomic mass is 16.5. The fourth-order valence-corrected chi connectivity index (χ4v) is 2.73.